The van der Waals surface area contributed by atoms with Crippen molar-refractivity contribution in [3.63, 3.8) is 0 Å². The first kappa shape index (κ1) is 25.5. The molecule has 4 aromatic rings. The van der Waals surface area contributed by atoms with E-state index < -0.39 is 24.0 Å². The van der Waals surface area contributed by atoms with Crippen molar-refractivity contribution in [1.29, 1.82) is 0 Å². The number of amides is 2. The van der Waals surface area contributed by atoms with Gasteiger partial charge in [0.1, 0.15) is 29.2 Å². The van der Waals surface area contributed by atoms with Gasteiger partial charge in [-0.15, -0.1) is 0 Å². The second-order valence-corrected chi connectivity index (χ2v) is 10.2. The number of nitrogens with zero attached hydrogens (tertiary/aromatic N) is 2. The molecule has 0 N–H and O–H groups in total. The Morgan fingerprint density at radius 2 is 1.62 bits per heavy atom. The second kappa shape index (κ2) is 10.4. The SMILES string of the molecule is CCCOc1ccc(N2C(=O)[C@H]3[C@H](ON(c4ccccc4)[C@@H]3c3ccc(-c4ccc(Cl)c(Cl)c4)o3)C2=O)cc1. The zero-order valence-electron chi connectivity index (χ0n) is 20.9. The minimum atomic E-state index is -1.00. The summed E-state index contributed by atoms with van der Waals surface area (Å²) in [5.74, 6) is 0.112. The lowest BCUT2D eigenvalue weighted by molar-refractivity contribution is -0.126. The molecule has 7 nitrogen and oxygen atoms in total. The molecular weight excluding hydrogens is 539 g/mol. The zero-order valence-corrected chi connectivity index (χ0v) is 22.4. The fourth-order valence-electron chi connectivity index (χ4n) is 4.98. The second-order valence-electron chi connectivity index (χ2n) is 9.34. The van der Waals surface area contributed by atoms with E-state index in [-0.39, 0.29) is 5.91 Å². The van der Waals surface area contributed by atoms with E-state index in [1.54, 1.807) is 59.7 Å². The predicted octanol–water partition coefficient (Wildman–Crippen LogP) is 7.09. The molecule has 3 atom stereocenters. The van der Waals surface area contributed by atoms with Gasteiger partial charge in [-0.05, 0) is 73.2 Å². The van der Waals surface area contributed by atoms with Crippen molar-refractivity contribution in [3.8, 4) is 17.1 Å². The molecule has 3 heterocycles. The lowest BCUT2D eigenvalue weighted by atomic mass is 9.94. The number of hydroxylamine groups is 1. The maximum absolute atomic E-state index is 13.9. The van der Waals surface area contributed by atoms with Crippen molar-refractivity contribution in [2.75, 3.05) is 16.6 Å². The topological polar surface area (TPSA) is 72.2 Å². The summed E-state index contributed by atoms with van der Waals surface area (Å²) in [6.45, 7) is 2.61. The Morgan fingerprint density at radius 1 is 0.846 bits per heavy atom. The molecule has 0 aliphatic carbocycles. The van der Waals surface area contributed by atoms with Crippen LogP contribution in [0.4, 0.5) is 11.4 Å². The first-order chi connectivity index (χ1) is 19.0. The van der Waals surface area contributed by atoms with Crippen LogP contribution in [0.2, 0.25) is 10.0 Å². The highest BCUT2D eigenvalue weighted by atomic mass is 35.5. The lowest BCUT2D eigenvalue weighted by Crippen LogP contribution is -2.37. The van der Waals surface area contributed by atoms with E-state index in [1.807, 2.05) is 37.3 Å². The van der Waals surface area contributed by atoms with E-state index in [1.165, 1.54) is 4.90 Å². The van der Waals surface area contributed by atoms with Crippen LogP contribution in [0.3, 0.4) is 0 Å². The Bertz CT molecular complexity index is 1520. The number of para-hydroxylation sites is 1. The van der Waals surface area contributed by atoms with Crippen LogP contribution in [-0.2, 0) is 14.4 Å². The van der Waals surface area contributed by atoms with E-state index in [4.69, 9.17) is 37.2 Å². The van der Waals surface area contributed by atoms with Crippen molar-refractivity contribution >= 4 is 46.4 Å². The van der Waals surface area contributed by atoms with E-state index in [0.29, 0.717) is 45.3 Å². The van der Waals surface area contributed by atoms with Crippen molar-refractivity contribution < 1.29 is 23.6 Å². The third kappa shape index (κ3) is 4.56. The number of fused-ring (bicyclic) bond motifs is 1. The summed E-state index contributed by atoms with van der Waals surface area (Å²) in [6, 6.07) is 24.4. The first-order valence-electron chi connectivity index (χ1n) is 12.6. The number of ether oxygens (including phenoxy) is 1. The van der Waals surface area contributed by atoms with Crippen molar-refractivity contribution in [2.45, 2.75) is 25.5 Å². The molecule has 198 valence electrons. The lowest BCUT2D eigenvalue weighted by Gasteiger charge is -2.27. The molecule has 0 radical (unpaired) electrons. The average molecular weight is 563 g/mol. The summed E-state index contributed by atoms with van der Waals surface area (Å²) in [4.78, 5) is 34.8. The number of benzene rings is 3. The average Bonchev–Trinajstić information content (AvgIpc) is 3.65. The summed E-state index contributed by atoms with van der Waals surface area (Å²) in [5, 5.41) is 2.44. The zero-order chi connectivity index (χ0) is 27.1. The Kier molecular flexibility index (Phi) is 6.81. The predicted molar refractivity (Wildman–Crippen MR) is 149 cm³/mol. The van der Waals surface area contributed by atoms with Gasteiger partial charge in [-0.25, -0.2) is 9.96 Å². The smallest absolute Gasteiger partial charge is 0.266 e. The number of imide groups is 1. The third-order valence-electron chi connectivity index (χ3n) is 6.82. The van der Waals surface area contributed by atoms with Crippen LogP contribution in [0.5, 0.6) is 5.75 Å². The molecule has 1 aromatic heterocycles. The number of carbonyl (C=O) groups excluding carboxylic acids is 2. The Hall–Kier alpha value is -3.78. The largest absolute Gasteiger partial charge is 0.494 e. The van der Waals surface area contributed by atoms with Crippen LogP contribution in [-0.4, -0.2) is 24.5 Å². The first-order valence-corrected chi connectivity index (χ1v) is 13.4. The molecule has 2 amide bonds. The molecule has 2 aliphatic heterocycles. The minimum Gasteiger partial charge on any atom is -0.494 e. The molecule has 2 fully saturated rings. The minimum absolute atomic E-state index is 0.358. The molecule has 2 aliphatic rings. The summed E-state index contributed by atoms with van der Waals surface area (Å²) in [5.41, 5.74) is 1.90. The quantitative estimate of drug-likeness (QED) is 0.224. The molecule has 2 saturated heterocycles. The van der Waals surface area contributed by atoms with Crippen LogP contribution in [0.15, 0.2) is 89.3 Å². The number of rotatable bonds is 7. The molecule has 9 heteroatoms. The van der Waals surface area contributed by atoms with Gasteiger partial charge in [0.25, 0.3) is 5.91 Å². The van der Waals surface area contributed by atoms with Crippen molar-refractivity contribution in [2.24, 2.45) is 5.92 Å². The maximum Gasteiger partial charge on any atom is 0.266 e. The Morgan fingerprint density at radius 3 is 2.33 bits per heavy atom. The summed E-state index contributed by atoms with van der Waals surface area (Å²) >= 11 is 12.3. The number of halogens is 2. The molecule has 0 bridgehead atoms. The fourth-order valence-corrected chi connectivity index (χ4v) is 5.28. The highest BCUT2D eigenvalue weighted by molar-refractivity contribution is 6.42. The van der Waals surface area contributed by atoms with Gasteiger partial charge < -0.3 is 9.15 Å². The van der Waals surface area contributed by atoms with Gasteiger partial charge in [-0.1, -0.05) is 48.3 Å². The van der Waals surface area contributed by atoms with Gasteiger partial charge in [0.05, 0.1) is 28.0 Å². The van der Waals surface area contributed by atoms with E-state index in [9.17, 15) is 9.59 Å². The normalized spacial score (nSPS) is 20.5. The number of carbonyl (C=O) groups is 2. The van der Waals surface area contributed by atoms with Gasteiger partial charge in [-0.3, -0.25) is 14.4 Å². The third-order valence-corrected chi connectivity index (χ3v) is 7.56. The van der Waals surface area contributed by atoms with Crippen molar-refractivity contribution in [1.82, 2.24) is 0 Å². The highest BCUT2D eigenvalue weighted by Gasteiger charge is 2.61. The molecule has 0 spiro atoms. The van der Waals surface area contributed by atoms with Crippen LogP contribution in [0, 0.1) is 5.92 Å². The fraction of sp³-hybridized carbons (Fsp3) is 0.200. The Balaban J connectivity index is 1.36. The monoisotopic (exact) mass is 562 g/mol. The number of hydrogen-bond acceptors (Lipinski definition) is 6. The van der Waals surface area contributed by atoms with Gasteiger partial charge in [0.15, 0.2) is 6.10 Å². The molecule has 3 aromatic carbocycles. The van der Waals surface area contributed by atoms with Crippen LogP contribution >= 0.6 is 23.2 Å². The van der Waals surface area contributed by atoms with Crippen LogP contribution in [0.1, 0.15) is 25.1 Å². The van der Waals surface area contributed by atoms with Crippen molar-refractivity contribution in [3.05, 3.63) is 101 Å². The van der Waals surface area contributed by atoms with Gasteiger partial charge >= 0.3 is 0 Å². The number of anilines is 2. The summed E-state index contributed by atoms with van der Waals surface area (Å²) < 4.78 is 11.9. The van der Waals surface area contributed by atoms with Gasteiger partial charge in [-0.2, -0.15) is 0 Å². The maximum atomic E-state index is 13.9. The van der Waals surface area contributed by atoms with Gasteiger partial charge in [0, 0.05) is 5.56 Å². The number of furan rings is 1. The molecular formula is C30H24Cl2N2O5. The Labute approximate surface area is 235 Å². The molecule has 39 heavy (non-hydrogen) atoms. The standard InChI is InChI=1S/C30H24Cl2N2O5/c1-2-16-37-21-11-9-19(10-12-21)33-29(35)26-27(34(39-28(26)30(33)36)20-6-4-3-5-7-20)25-15-14-24(38-25)18-8-13-22(31)23(32)17-18/h3-15,17,26-28H,2,16H2,1H3/t26-,27-,28+/m1/s1. The van der Waals surface area contributed by atoms with Crippen LogP contribution < -0.4 is 14.7 Å². The van der Waals surface area contributed by atoms with Crippen LogP contribution in [0.25, 0.3) is 11.3 Å². The molecule has 0 unspecified atom stereocenters. The van der Waals surface area contributed by atoms with E-state index >= 15 is 0 Å². The highest BCUT2D eigenvalue weighted by Crippen LogP contribution is 2.48. The van der Waals surface area contributed by atoms with E-state index in [2.05, 4.69) is 0 Å². The van der Waals surface area contributed by atoms with Gasteiger partial charge in [0.2, 0.25) is 5.91 Å². The molecule has 0 saturated carbocycles. The summed E-state index contributed by atoms with van der Waals surface area (Å²) in [6.07, 6.45) is -0.123. The summed E-state index contributed by atoms with van der Waals surface area (Å²) in [7, 11) is 0. The van der Waals surface area contributed by atoms with E-state index in [0.717, 1.165) is 12.0 Å². The molecule has 6 rings (SSSR count). The number of hydrogen-bond donors (Lipinski definition) is 0.